The van der Waals surface area contributed by atoms with Gasteiger partial charge >= 0.3 is 0 Å². The fraction of sp³-hybridized carbons (Fsp3) is 0.933. The molecule has 0 aliphatic carbocycles. The highest BCUT2D eigenvalue weighted by atomic mass is 16.2. The predicted octanol–water partition coefficient (Wildman–Crippen LogP) is 4.10. The van der Waals surface area contributed by atoms with Crippen molar-refractivity contribution in [1.82, 2.24) is 4.90 Å². The zero-order chi connectivity index (χ0) is 14.1. The van der Waals surface area contributed by atoms with Crippen molar-refractivity contribution >= 4 is 5.91 Å². The number of carbonyl (C=O) groups is 1. The lowest BCUT2D eigenvalue weighted by atomic mass is 9.88. The van der Waals surface area contributed by atoms with Crippen LogP contribution in [0.1, 0.15) is 68.7 Å². The van der Waals surface area contributed by atoms with Gasteiger partial charge in [-0.1, -0.05) is 41.5 Å². The van der Waals surface area contributed by atoms with E-state index in [1.807, 2.05) is 25.7 Å². The van der Waals surface area contributed by atoms with E-state index in [1.54, 1.807) is 0 Å². The minimum absolute atomic E-state index is 0.102. The maximum atomic E-state index is 12.5. The Bertz CT molecular complexity index is 260. The molecule has 17 heavy (non-hydrogen) atoms. The van der Waals surface area contributed by atoms with Crippen LogP contribution in [-0.4, -0.2) is 22.9 Å². The van der Waals surface area contributed by atoms with Crippen molar-refractivity contribution in [3.05, 3.63) is 0 Å². The molecule has 0 N–H and O–H groups in total. The second-order valence-electron chi connectivity index (χ2n) is 8.19. The fourth-order valence-electron chi connectivity index (χ4n) is 1.59. The third-order valence-corrected chi connectivity index (χ3v) is 2.78. The molecular weight excluding hydrogens is 210 g/mol. The zero-order valence-corrected chi connectivity index (χ0v) is 13.3. The first kappa shape index (κ1) is 16.5. The van der Waals surface area contributed by atoms with Gasteiger partial charge in [-0.3, -0.25) is 4.79 Å². The molecule has 0 aromatic heterocycles. The second kappa shape index (κ2) is 4.99. The molecule has 0 radical (unpaired) electrons. The Labute approximate surface area is 108 Å². The average Bonchev–Trinajstić information content (AvgIpc) is 1.97. The van der Waals surface area contributed by atoms with Crippen molar-refractivity contribution in [1.29, 1.82) is 0 Å². The summed E-state index contributed by atoms with van der Waals surface area (Å²) in [5.41, 5.74) is -0.136. The van der Waals surface area contributed by atoms with Gasteiger partial charge in [-0.15, -0.1) is 0 Å². The van der Waals surface area contributed by atoms with Gasteiger partial charge in [-0.05, 0) is 32.6 Å². The van der Waals surface area contributed by atoms with E-state index >= 15 is 0 Å². The molecule has 2 nitrogen and oxygen atoms in total. The maximum Gasteiger partial charge on any atom is 0.228 e. The Balaban J connectivity index is 4.87. The Morgan fingerprint density at radius 2 is 1.29 bits per heavy atom. The molecule has 0 saturated heterocycles. The first-order chi connectivity index (χ1) is 7.25. The minimum Gasteiger partial charge on any atom is -0.337 e. The number of hydrogen-bond donors (Lipinski definition) is 0. The van der Waals surface area contributed by atoms with Gasteiger partial charge in [0.2, 0.25) is 5.91 Å². The van der Waals surface area contributed by atoms with E-state index in [-0.39, 0.29) is 22.3 Å². The third kappa shape index (κ3) is 6.09. The molecule has 0 rings (SSSR count). The molecular formula is C15H31NO. The molecule has 2 heteroatoms. The van der Waals surface area contributed by atoms with Crippen LogP contribution in [-0.2, 0) is 4.79 Å². The van der Waals surface area contributed by atoms with Gasteiger partial charge in [0.15, 0.2) is 0 Å². The lowest BCUT2D eigenvalue weighted by Crippen LogP contribution is -2.51. The minimum atomic E-state index is -0.300. The molecule has 0 heterocycles. The molecule has 1 amide bonds. The SMILES string of the molecule is CC(C)(C)CCN(C(=O)C(C)(C)C)C(C)(C)C. The van der Waals surface area contributed by atoms with Gasteiger partial charge in [0.25, 0.3) is 0 Å². The topological polar surface area (TPSA) is 20.3 Å². The number of rotatable bonds is 2. The summed E-state index contributed by atoms with van der Waals surface area (Å²) in [4.78, 5) is 14.5. The number of hydrogen-bond acceptors (Lipinski definition) is 1. The van der Waals surface area contributed by atoms with E-state index in [1.165, 1.54) is 0 Å². The Morgan fingerprint density at radius 1 is 0.882 bits per heavy atom. The summed E-state index contributed by atoms with van der Waals surface area (Å²) in [5.74, 6) is 0.245. The van der Waals surface area contributed by atoms with E-state index < -0.39 is 0 Å². The van der Waals surface area contributed by atoms with Crippen LogP contribution in [0.3, 0.4) is 0 Å². The summed E-state index contributed by atoms with van der Waals surface area (Å²) in [6, 6.07) is 0. The van der Waals surface area contributed by atoms with E-state index in [0.29, 0.717) is 0 Å². The summed E-state index contributed by atoms with van der Waals surface area (Å²) < 4.78 is 0. The average molecular weight is 241 g/mol. The Morgan fingerprint density at radius 3 is 1.53 bits per heavy atom. The summed E-state index contributed by atoms with van der Waals surface area (Å²) >= 11 is 0. The van der Waals surface area contributed by atoms with Crippen LogP contribution in [0, 0.1) is 10.8 Å². The van der Waals surface area contributed by atoms with Gasteiger partial charge in [-0.2, -0.15) is 0 Å². The number of nitrogens with zero attached hydrogens (tertiary/aromatic N) is 1. The van der Waals surface area contributed by atoms with E-state index in [2.05, 4.69) is 41.5 Å². The van der Waals surface area contributed by atoms with Gasteiger partial charge in [-0.25, -0.2) is 0 Å². The Kier molecular flexibility index (Phi) is 4.84. The summed E-state index contributed by atoms with van der Waals surface area (Å²) in [6.45, 7) is 19.8. The summed E-state index contributed by atoms with van der Waals surface area (Å²) in [5, 5.41) is 0. The molecule has 0 saturated carbocycles. The van der Waals surface area contributed by atoms with Gasteiger partial charge in [0.05, 0.1) is 0 Å². The number of carbonyl (C=O) groups excluding carboxylic acids is 1. The van der Waals surface area contributed by atoms with Crippen LogP contribution in [0.4, 0.5) is 0 Å². The van der Waals surface area contributed by atoms with Crippen LogP contribution in [0.15, 0.2) is 0 Å². The highest BCUT2D eigenvalue weighted by Crippen LogP contribution is 2.27. The summed E-state index contributed by atoms with van der Waals surface area (Å²) in [6.07, 6.45) is 1.03. The van der Waals surface area contributed by atoms with Crippen LogP contribution in [0.5, 0.6) is 0 Å². The van der Waals surface area contributed by atoms with Crippen molar-refractivity contribution in [2.75, 3.05) is 6.54 Å². The van der Waals surface area contributed by atoms with Crippen molar-refractivity contribution in [3.8, 4) is 0 Å². The fourth-order valence-corrected chi connectivity index (χ4v) is 1.59. The lowest BCUT2D eigenvalue weighted by Gasteiger charge is -2.41. The molecule has 0 aromatic rings. The smallest absolute Gasteiger partial charge is 0.228 e. The monoisotopic (exact) mass is 241 g/mol. The Hall–Kier alpha value is -0.530. The molecule has 0 aliphatic heterocycles. The first-order valence-electron chi connectivity index (χ1n) is 6.57. The van der Waals surface area contributed by atoms with Gasteiger partial charge in [0, 0.05) is 17.5 Å². The number of amides is 1. The van der Waals surface area contributed by atoms with E-state index in [4.69, 9.17) is 0 Å². The van der Waals surface area contributed by atoms with Crippen molar-refractivity contribution in [3.63, 3.8) is 0 Å². The standard InChI is InChI=1S/C15H31NO/c1-13(2,3)10-11-16(15(7,8)9)12(17)14(4,5)6/h10-11H2,1-9H3. The maximum absolute atomic E-state index is 12.5. The molecule has 0 aromatic carbocycles. The van der Waals surface area contributed by atoms with Gasteiger partial charge in [0.1, 0.15) is 0 Å². The molecule has 0 unspecified atom stereocenters. The predicted molar refractivity (Wildman–Crippen MR) is 75.0 cm³/mol. The van der Waals surface area contributed by atoms with Crippen molar-refractivity contribution in [2.24, 2.45) is 10.8 Å². The van der Waals surface area contributed by atoms with Gasteiger partial charge < -0.3 is 4.90 Å². The quantitative estimate of drug-likeness (QED) is 0.713. The molecule has 0 fully saturated rings. The van der Waals surface area contributed by atoms with Crippen LogP contribution in [0.2, 0.25) is 0 Å². The second-order valence-corrected chi connectivity index (χ2v) is 8.19. The van der Waals surface area contributed by atoms with Crippen molar-refractivity contribution < 1.29 is 4.79 Å². The largest absolute Gasteiger partial charge is 0.337 e. The van der Waals surface area contributed by atoms with E-state index in [0.717, 1.165) is 13.0 Å². The molecule has 0 spiro atoms. The lowest BCUT2D eigenvalue weighted by molar-refractivity contribution is -0.144. The van der Waals surface area contributed by atoms with Crippen LogP contribution in [0.25, 0.3) is 0 Å². The molecule has 0 bridgehead atoms. The highest BCUT2D eigenvalue weighted by Gasteiger charge is 2.34. The molecule has 0 aliphatic rings. The van der Waals surface area contributed by atoms with Crippen LogP contribution >= 0.6 is 0 Å². The zero-order valence-electron chi connectivity index (χ0n) is 13.3. The first-order valence-corrected chi connectivity index (χ1v) is 6.57. The summed E-state index contributed by atoms with van der Waals surface area (Å²) in [7, 11) is 0. The molecule has 102 valence electrons. The third-order valence-electron chi connectivity index (χ3n) is 2.78. The van der Waals surface area contributed by atoms with E-state index in [9.17, 15) is 4.79 Å². The highest BCUT2D eigenvalue weighted by molar-refractivity contribution is 5.82. The van der Waals surface area contributed by atoms with Crippen LogP contribution < -0.4 is 0 Å². The normalized spacial score (nSPS) is 13.7. The van der Waals surface area contributed by atoms with Crippen molar-refractivity contribution in [2.45, 2.75) is 74.3 Å². The molecule has 0 atom stereocenters.